The van der Waals surface area contributed by atoms with Gasteiger partial charge in [-0.1, -0.05) is 13.8 Å². The van der Waals surface area contributed by atoms with Crippen molar-refractivity contribution in [1.82, 2.24) is 15.1 Å². The van der Waals surface area contributed by atoms with Crippen LogP contribution in [0.4, 0.5) is 0 Å². The molecule has 0 saturated carbocycles. The molecule has 6 nitrogen and oxygen atoms in total. The number of carbonyl (C=O) groups excluding carboxylic acids is 1. The predicted molar refractivity (Wildman–Crippen MR) is 75.7 cm³/mol. The fourth-order valence-corrected chi connectivity index (χ4v) is 2.04. The van der Waals surface area contributed by atoms with E-state index >= 15 is 0 Å². The molecule has 2 N–H and O–H groups in total. The van der Waals surface area contributed by atoms with Crippen LogP contribution in [0.5, 0.6) is 0 Å². The number of rotatable bonds is 4. The molecule has 1 heterocycles. The van der Waals surface area contributed by atoms with E-state index in [1.165, 1.54) is 6.20 Å². The summed E-state index contributed by atoms with van der Waals surface area (Å²) in [5, 5.41) is 15.9. The summed E-state index contributed by atoms with van der Waals surface area (Å²) in [6.45, 7) is 11.3. The van der Waals surface area contributed by atoms with Crippen molar-refractivity contribution in [2.24, 2.45) is 5.92 Å². The minimum atomic E-state index is -1.03. The SMILES string of the molecule is Cc1c(C(=O)N[C@H](C(=O)O)C(C)C)cnn1C(C)(C)C. The van der Waals surface area contributed by atoms with Crippen LogP contribution in [0.15, 0.2) is 6.20 Å². The fourth-order valence-electron chi connectivity index (χ4n) is 2.04. The van der Waals surface area contributed by atoms with E-state index in [0.717, 1.165) is 5.69 Å². The van der Waals surface area contributed by atoms with E-state index in [-0.39, 0.29) is 11.5 Å². The number of nitrogens with zero attached hydrogens (tertiary/aromatic N) is 2. The summed E-state index contributed by atoms with van der Waals surface area (Å²) in [5.41, 5.74) is 0.905. The van der Waals surface area contributed by atoms with Gasteiger partial charge in [-0.25, -0.2) is 4.79 Å². The number of aromatic nitrogens is 2. The molecule has 0 aliphatic heterocycles. The molecule has 112 valence electrons. The number of amides is 1. The van der Waals surface area contributed by atoms with E-state index in [0.29, 0.717) is 5.56 Å². The smallest absolute Gasteiger partial charge is 0.326 e. The highest BCUT2D eigenvalue weighted by molar-refractivity contribution is 5.97. The van der Waals surface area contributed by atoms with Gasteiger partial charge in [-0.3, -0.25) is 9.48 Å². The largest absolute Gasteiger partial charge is 0.480 e. The zero-order valence-corrected chi connectivity index (χ0v) is 12.9. The Bertz CT molecular complexity index is 512. The molecule has 6 heteroatoms. The van der Waals surface area contributed by atoms with Gasteiger partial charge in [0.05, 0.1) is 17.3 Å². The van der Waals surface area contributed by atoms with Gasteiger partial charge < -0.3 is 10.4 Å². The number of carbonyl (C=O) groups is 2. The van der Waals surface area contributed by atoms with E-state index in [4.69, 9.17) is 5.11 Å². The second kappa shape index (κ2) is 5.64. The zero-order valence-electron chi connectivity index (χ0n) is 12.9. The maximum Gasteiger partial charge on any atom is 0.326 e. The van der Waals surface area contributed by atoms with Crippen LogP contribution >= 0.6 is 0 Å². The molecular formula is C14H23N3O3. The molecule has 0 saturated heterocycles. The highest BCUT2D eigenvalue weighted by Crippen LogP contribution is 2.18. The summed E-state index contributed by atoms with van der Waals surface area (Å²) in [6, 6.07) is -0.903. The monoisotopic (exact) mass is 281 g/mol. The lowest BCUT2D eigenvalue weighted by molar-refractivity contribution is -0.140. The summed E-state index contributed by atoms with van der Waals surface area (Å²) in [6.07, 6.45) is 1.48. The lowest BCUT2D eigenvalue weighted by Gasteiger charge is -2.22. The first-order valence-corrected chi connectivity index (χ1v) is 6.64. The normalized spacial score (nSPS) is 13.3. The van der Waals surface area contributed by atoms with Gasteiger partial charge in [-0.05, 0) is 33.6 Å². The standard InChI is InChI=1S/C14H23N3O3/c1-8(2)11(13(19)20)16-12(18)10-7-15-17(9(10)3)14(4,5)6/h7-8,11H,1-6H3,(H,16,18)(H,19,20)/t11-/m0/s1. The first-order chi connectivity index (χ1) is 9.05. The van der Waals surface area contributed by atoms with Crippen molar-refractivity contribution in [3.05, 3.63) is 17.5 Å². The van der Waals surface area contributed by atoms with Gasteiger partial charge in [0.15, 0.2) is 0 Å². The van der Waals surface area contributed by atoms with Gasteiger partial charge in [0.2, 0.25) is 0 Å². The number of aliphatic carboxylic acids is 1. The van der Waals surface area contributed by atoms with Crippen molar-refractivity contribution in [3.63, 3.8) is 0 Å². The molecule has 0 fully saturated rings. The Morgan fingerprint density at radius 2 is 1.90 bits per heavy atom. The highest BCUT2D eigenvalue weighted by atomic mass is 16.4. The predicted octanol–water partition coefficient (Wildman–Crippen LogP) is 1.79. The minimum Gasteiger partial charge on any atom is -0.480 e. The molecule has 0 bridgehead atoms. The Kier molecular flexibility index (Phi) is 4.57. The van der Waals surface area contributed by atoms with Gasteiger partial charge in [0, 0.05) is 5.69 Å². The van der Waals surface area contributed by atoms with Crippen LogP contribution in [0.2, 0.25) is 0 Å². The van der Waals surface area contributed by atoms with E-state index in [1.54, 1.807) is 25.5 Å². The third kappa shape index (κ3) is 3.37. The Hall–Kier alpha value is -1.85. The van der Waals surface area contributed by atoms with Crippen LogP contribution in [0.25, 0.3) is 0 Å². The number of carboxylic acids is 1. The van der Waals surface area contributed by atoms with Gasteiger partial charge >= 0.3 is 5.97 Å². The van der Waals surface area contributed by atoms with Crippen molar-refractivity contribution in [2.75, 3.05) is 0 Å². The van der Waals surface area contributed by atoms with Gasteiger partial charge in [-0.15, -0.1) is 0 Å². The molecule has 1 rings (SSSR count). The van der Waals surface area contributed by atoms with Crippen LogP contribution in [-0.2, 0) is 10.3 Å². The molecule has 1 atom stereocenters. The average molecular weight is 281 g/mol. The van der Waals surface area contributed by atoms with Crippen LogP contribution < -0.4 is 5.32 Å². The quantitative estimate of drug-likeness (QED) is 0.881. The van der Waals surface area contributed by atoms with Crippen molar-refractivity contribution >= 4 is 11.9 Å². The molecule has 0 aromatic carbocycles. The molecule has 0 radical (unpaired) electrons. The topological polar surface area (TPSA) is 84.2 Å². The lowest BCUT2D eigenvalue weighted by Crippen LogP contribution is -2.44. The number of hydrogen-bond acceptors (Lipinski definition) is 3. The van der Waals surface area contributed by atoms with E-state index in [9.17, 15) is 9.59 Å². The van der Waals surface area contributed by atoms with Gasteiger partial charge in [-0.2, -0.15) is 5.10 Å². The molecule has 1 amide bonds. The molecular weight excluding hydrogens is 258 g/mol. The summed E-state index contributed by atoms with van der Waals surface area (Å²) in [4.78, 5) is 23.3. The summed E-state index contributed by atoms with van der Waals surface area (Å²) in [7, 11) is 0. The second-order valence-corrected chi connectivity index (χ2v) is 6.26. The minimum absolute atomic E-state index is 0.186. The molecule has 0 aliphatic carbocycles. The first kappa shape index (κ1) is 16.2. The van der Waals surface area contributed by atoms with E-state index < -0.39 is 17.9 Å². The molecule has 1 aromatic heterocycles. The molecule has 0 aliphatic rings. The Balaban J connectivity index is 3.00. The first-order valence-electron chi connectivity index (χ1n) is 6.64. The molecule has 0 spiro atoms. The second-order valence-electron chi connectivity index (χ2n) is 6.26. The third-order valence-electron chi connectivity index (χ3n) is 3.11. The van der Waals surface area contributed by atoms with Crippen molar-refractivity contribution in [2.45, 2.75) is 53.1 Å². The van der Waals surface area contributed by atoms with Crippen molar-refractivity contribution < 1.29 is 14.7 Å². The van der Waals surface area contributed by atoms with Crippen LogP contribution in [0.1, 0.15) is 50.7 Å². The third-order valence-corrected chi connectivity index (χ3v) is 3.11. The van der Waals surface area contributed by atoms with Gasteiger partial charge in [0.1, 0.15) is 6.04 Å². The van der Waals surface area contributed by atoms with Gasteiger partial charge in [0.25, 0.3) is 5.91 Å². The average Bonchev–Trinajstić information content (AvgIpc) is 2.66. The molecule has 20 heavy (non-hydrogen) atoms. The van der Waals surface area contributed by atoms with E-state index in [2.05, 4.69) is 10.4 Å². The zero-order chi connectivity index (χ0) is 15.7. The Labute approximate surface area is 119 Å². The van der Waals surface area contributed by atoms with Crippen molar-refractivity contribution in [3.8, 4) is 0 Å². The number of carboxylic acid groups (broad SMARTS) is 1. The summed E-state index contributed by atoms with van der Waals surface area (Å²) < 4.78 is 1.76. The maximum atomic E-state index is 12.2. The highest BCUT2D eigenvalue weighted by Gasteiger charge is 2.27. The van der Waals surface area contributed by atoms with Crippen LogP contribution in [-0.4, -0.2) is 32.8 Å². The summed E-state index contributed by atoms with van der Waals surface area (Å²) in [5.74, 6) is -1.62. The van der Waals surface area contributed by atoms with Crippen LogP contribution in [0, 0.1) is 12.8 Å². The number of nitrogens with one attached hydrogen (secondary N) is 1. The Morgan fingerprint density at radius 3 is 2.25 bits per heavy atom. The fraction of sp³-hybridized carbons (Fsp3) is 0.643. The van der Waals surface area contributed by atoms with Crippen LogP contribution in [0.3, 0.4) is 0 Å². The molecule has 0 unspecified atom stereocenters. The molecule has 1 aromatic rings. The van der Waals surface area contributed by atoms with E-state index in [1.807, 2.05) is 20.8 Å². The number of hydrogen-bond donors (Lipinski definition) is 2. The maximum absolute atomic E-state index is 12.2. The van der Waals surface area contributed by atoms with Crippen molar-refractivity contribution in [1.29, 1.82) is 0 Å². The Morgan fingerprint density at radius 1 is 1.35 bits per heavy atom. The summed E-state index contributed by atoms with van der Waals surface area (Å²) >= 11 is 0. The lowest BCUT2D eigenvalue weighted by atomic mass is 10.0.